The normalized spacial score (nSPS) is 19.0. The molecule has 6 nitrogen and oxygen atoms in total. The van der Waals surface area contributed by atoms with E-state index in [0.717, 1.165) is 36.4 Å². The molecule has 2 aliphatic carbocycles. The van der Waals surface area contributed by atoms with E-state index in [1.54, 1.807) is 0 Å². The smallest absolute Gasteiger partial charge is 0.180 e. The van der Waals surface area contributed by atoms with Crippen molar-refractivity contribution in [1.82, 2.24) is 0 Å². The fourth-order valence-corrected chi connectivity index (χ4v) is 4.76. The van der Waals surface area contributed by atoms with Gasteiger partial charge in [-0.25, -0.2) is 52.7 Å². The van der Waals surface area contributed by atoms with Crippen molar-refractivity contribution in [3.05, 3.63) is 114 Å². The zero-order chi connectivity index (χ0) is 36.1. The molecule has 0 heterocycles. The van der Waals surface area contributed by atoms with Crippen molar-refractivity contribution in [2.24, 2.45) is 5.92 Å². The Morgan fingerprint density at radius 3 is 1.12 bits per heavy atom. The van der Waals surface area contributed by atoms with Gasteiger partial charge in [0.1, 0.15) is 52.9 Å². The topological polar surface area (TPSA) is 143 Å². The van der Waals surface area contributed by atoms with E-state index in [-0.39, 0.29) is 0 Å². The fraction of sp³-hybridized carbons (Fsp3) is 0.0667. The highest BCUT2D eigenvalue weighted by Gasteiger charge is 2.50. The second kappa shape index (κ2) is 12.2. The van der Waals surface area contributed by atoms with Crippen LogP contribution in [0.4, 0.5) is 52.7 Å². The number of hydrogen-bond acceptors (Lipinski definition) is 6. The summed E-state index contributed by atoms with van der Waals surface area (Å²) in [6, 6.07) is 5.30. The van der Waals surface area contributed by atoms with Crippen LogP contribution in [0.15, 0.2) is 45.3 Å². The van der Waals surface area contributed by atoms with E-state index >= 15 is 26.3 Å². The summed E-state index contributed by atoms with van der Waals surface area (Å²) in [5.74, 6) is -30.1. The number of halogens is 12. The lowest BCUT2D eigenvalue weighted by atomic mass is 9.85. The number of allylic oxidation sites excluding steroid dienone is 10. The maximum absolute atomic E-state index is 15.2. The Morgan fingerprint density at radius 2 is 0.833 bits per heavy atom. The van der Waals surface area contributed by atoms with Gasteiger partial charge in [-0.1, -0.05) is 0 Å². The molecule has 0 N–H and O–H groups in total. The highest BCUT2D eigenvalue weighted by Crippen LogP contribution is 2.58. The lowest BCUT2D eigenvalue weighted by Gasteiger charge is -2.22. The summed E-state index contributed by atoms with van der Waals surface area (Å²) in [7, 11) is 0. The number of rotatable bonds is 3. The largest absolute Gasteiger partial charge is 0.238 e. The van der Waals surface area contributed by atoms with Crippen LogP contribution in [0.25, 0.3) is 11.1 Å². The van der Waals surface area contributed by atoms with Crippen molar-refractivity contribution >= 4 is 11.1 Å². The van der Waals surface area contributed by atoms with Gasteiger partial charge in [-0.15, -0.1) is 0 Å². The molecule has 48 heavy (non-hydrogen) atoms. The molecule has 0 bridgehead atoms. The van der Waals surface area contributed by atoms with Crippen molar-refractivity contribution in [3.63, 3.8) is 0 Å². The maximum atomic E-state index is 15.2. The van der Waals surface area contributed by atoms with Gasteiger partial charge in [0.15, 0.2) is 64.4 Å². The first-order valence-electron chi connectivity index (χ1n) is 12.1. The molecule has 2 atom stereocenters. The highest BCUT2D eigenvalue weighted by atomic mass is 19.2. The minimum Gasteiger partial charge on any atom is -0.238 e. The van der Waals surface area contributed by atoms with Crippen LogP contribution in [-0.2, 0) is 0 Å². The van der Waals surface area contributed by atoms with Crippen molar-refractivity contribution in [2.75, 3.05) is 0 Å². The Balaban J connectivity index is 2.31. The average molecular weight is 674 g/mol. The van der Waals surface area contributed by atoms with Crippen LogP contribution in [0.3, 0.4) is 0 Å². The van der Waals surface area contributed by atoms with Gasteiger partial charge < -0.3 is 0 Å². The Morgan fingerprint density at radius 1 is 0.458 bits per heavy atom. The van der Waals surface area contributed by atoms with E-state index in [1.165, 1.54) is 0 Å². The molecule has 1 fully saturated rings. The van der Waals surface area contributed by atoms with Gasteiger partial charge in [0.05, 0.1) is 39.8 Å². The number of nitriles is 6. The van der Waals surface area contributed by atoms with E-state index in [4.69, 9.17) is 15.8 Å². The lowest BCUT2D eigenvalue weighted by molar-refractivity contribution is 0.241. The summed E-state index contributed by atoms with van der Waals surface area (Å²) >= 11 is 0. The number of nitrogens with zero attached hydrogens (tertiary/aromatic N) is 6. The van der Waals surface area contributed by atoms with Crippen LogP contribution in [0.1, 0.15) is 22.3 Å². The predicted octanol–water partition coefficient (Wildman–Crippen LogP) is 7.50. The van der Waals surface area contributed by atoms with Gasteiger partial charge in [-0.05, 0) is 0 Å². The zero-order valence-electron chi connectivity index (χ0n) is 22.4. The van der Waals surface area contributed by atoms with E-state index in [0.29, 0.717) is 0 Å². The van der Waals surface area contributed by atoms with E-state index < -0.39 is 137 Å². The third kappa shape index (κ3) is 4.64. The van der Waals surface area contributed by atoms with Gasteiger partial charge in [-0.3, -0.25) is 0 Å². The molecule has 0 spiro atoms. The first-order valence-corrected chi connectivity index (χ1v) is 12.1. The minimum atomic E-state index is -3.49. The monoisotopic (exact) mass is 674 g/mol. The first-order chi connectivity index (χ1) is 22.6. The van der Waals surface area contributed by atoms with E-state index in [9.17, 15) is 42.1 Å². The first kappa shape index (κ1) is 34.1. The molecule has 2 unspecified atom stereocenters. The number of hydrogen-bond donors (Lipinski definition) is 0. The van der Waals surface area contributed by atoms with Crippen LogP contribution in [0.2, 0.25) is 0 Å². The van der Waals surface area contributed by atoms with Gasteiger partial charge >= 0.3 is 0 Å². The minimum absolute atomic E-state index is 0.772. The quantitative estimate of drug-likeness (QED) is 0.188. The molecule has 0 amide bonds. The number of benzene rings is 2. The SMILES string of the molecule is N#CC1=C(F)C(F)C(C(C#N)=C2C(=C(C#N)c3c(F)c(F)c(C#N)c(F)c3F)C2=C(C#N)c2c(F)c(F)c(C#N)c(F)c2F)C(F)=C1F. The third-order valence-corrected chi connectivity index (χ3v) is 6.95. The third-order valence-electron chi connectivity index (χ3n) is 6.95. The van der Waals surface area contributed by atoms with Crippen LogP contribution < -0.4 is 0 Å². The molecule has 2 aromatic carbocycles. The molecule has 0 radical (unpaired) electrons. The van der Waals surface area contributed by atoms with Crippen molar-refractivity contribution < 1.29 is 52.7 Å². The summed E-state index contributed by atoms with van der Waals surface area (Å²) < 4.78 is 178. The molecule has 2 aromatic rings. The maximum Gasteiger partial charge on any atom is 0.180 e. The summed E-state index contributed by atoms with van der Waals surface area (Å²) in [5.41, 5.74) is -19.0. The molecule has 4 rings (SSSR count). The molecular formula is C30H2F12N6. The van der Waals surface area contributed by atoms with Gasteiger partial charge in [0.25, 0.3) is 0 Å². The molecule has 0 aliphatic heterocycles. The van der Waals surface area contributed by atoms with Crippen molar-refractivity contribution in [2.45, 2.75) is 6.17 Å². The standard InChI is InChI=1S/C30H2F12N6/c31-19-10(4-46)20(32)26(38)16(25(19)37)7(1-43)13-14(8(2-44)17-27(39)21(33)11(5-47)22(34)28(17)40)15(13)9(3-45)18-29(41)23(35)12(6-48)24(36)30(18)42/h16,25H. The van der Waals surface area contributed by atoms with Crippen LogP contribution in [0.5, 0.6) is 0 Å². The molecule has 18 heteroatoms. The Hall–Kier alpha value is -6.76. The Kier molecular flexibility index (Phi) is 8.68. The highest BCUT2D eigenvalue weighted by molar-refractivity contribution is 6.07. The van der Waals surface area contributed by atoms with Crippen molar-refractivity contribution in [3.8, 4) is 36.4 Å². The van der Waals surface area contributed by atoms with Gasteiger partial charge in [0.2, 0.25) is 0 Å². The average Bonchev–Trinajstić information content (AvgIpc) is 3.78. The molecule has 1 saturated carbocycles. The molecule has 2 aliphatic rings. The Labute approximate surface area is 258 Å². The summed E-state index contributed by atoms with van der Waals surface area (Å²) in [6.07, 6.45) is -3.49. The van der Waals surface area contributed by atoms with E-state index in [2.05, 4.69) is 0 Å². The Bertz CT molecular complexity index is 2170. The van der Waals surface area contributed by atoms with Crippen LogP contribution in [0, 0.1) is 120 Å². The summed E-state index contributed by atoms with van der Waals surface area (Å²) in [4.78, 5) is 0. The number of alkyl halides is 1. The molecule has 0 saturated heterocycles. The molecule has 236 valence electrons. The predicted molar refractivity (Wildman–Crippen MR) is 131 cm³/mol. The van der Waals surface area contributed by atoms with E-state index in [1.807, 2.05) is 0 Å². The zero-order valence-corrected chi connectivity index (χ0v) is 22.4. The summed E-state index contributed by atoms with van der Waals surface area (Å²) in [5, 5.41) is 56.0. The second-order valence-electron chi connectivity index (χ2n) is 9.24. The second-order valence-corrected chi connectivity index (χ2v) is 9.24. The van der Waals surface area contributed by atoms with Crippen LogP contribution >= 0.6 is 0 Å². The molecular weight excluding hydrogens is 672 g/mol. The van der Waals surface area contributed by atoms with Gasteiger partial charge in [0, 0.05) is 16.7 Å². The molecule has 0 aromatic heterocycles. The van der Waals surface area contributed by atoms with Crippen molar-refractivity contribution in [1.29, 1.82) is 31.6 Å². The summed E-state index contributed by atoms with van der Waals surface area (Å²) in [6.45, 7) is 0. The van der Waals surface area contributed by atoms with Crippen LogP contribution in [-0.4, -0.2) is 6.17 Å². The lowest BCUT2D eigenvalue weighted by Crippen LogP contribution is -2.25. The fourth-order valence-electron chi connectivity index (χ4n) is 4.76. The van der Waals surface area contributed by atoms with Gasteiger partial charge in [-0.2, -0.15) is 31.6 Å².